The smallest absolute Gasteiger partial charge is 0.369 e. The molecule has 0 bridgehead atoms. The molecular weight excluding hydrogens is 263 g/mol. The van der Waals surface area contributed by atoms with Gasteiger partial charge in [0.25, 0.3) is 0 Å². The Hall–Kier alpha value is -1.31. The zero-order chi connectivity index (χ0) is 14.8. The Bertz CT molecular complexity index is 361. The van der Waals surface area contributed by atoms with Crippen LogP contribution in [-0.4, -0.2) is 29.6 Å². The quantitative estimate of drug-likeness (QED) is 0.699. The van der Waals surface area contributed by atoms with Gasteiger partial charge in [0.05, 0.1) is 0 Å². The fourth-order valence-electron chi connectivity index (χ4n) is 1.99. The number of amides is 2. The number of hydrogen-bond acceptors (Lipinski definition) is 3. The van der Waals surface area contributed by atoms with E-state index in [0.29, 0.717) is 32.6 Å². The van der Waals surface area contributed by atoms with E-state index in [1.807, 2.05) is 0 Å². The Kier molecular flexibility index (Phi) is 4.44. The third kappa shape index (κ3) is 3.59. The second kappa shape index (κ2) is 5.36. The summed E-state index contributed by atoms with van der Waals surface area (Å²) in [6.45, 7) is 0.636. The average molecular weight is 281 g/mol. The van der Waals surface area contributed by atoms with Crippen LogP contribution in [0.25, 0.3) is 0 Å². The molecule has 0 aromatic carbocycles. The van der Waals surface area contributed by atoms with Gasteiger partial charge >= 0.3 is 6.18 Å². The van der Waals surface area contributed by atoms with Crippen LogP contribution in [0.4, 0.5) is 13.2 Å². The van der Waals surface area contributed by atoms with Crippen molar-refractivity contribution in [2.24, 2.45) is 17.4 Å². The zero-order valence-electron chi connectivity index (χ0n) is 10.6. The molecule has 0 aliphatic heterocycles. The van der Waals surface area contributed by atoms with Crippen LogP contribution in [0.5, 0.6) is 0 Å². The van der Waals surface area contributed by atoms with Crippen LogP contribution in [0.15, 0.2) is 0 Å². The Morgan fingerprint density at radius 3 is 2.00 bits per heavy atom. The maximum Gasteiger partial charge on any atom is 0.415 e. The minimum Gasteiger partial charge on any atom is -0.369 e. The van der Waals surface area contributed by atoms with Crippen LogP contribution in [0.3, 0.4) is 0 Å². The third-order valence-electron chi connectivity index (χ3n) is 3.53. The van der Waals surface area contributed by atoms with Gasteiger partial charge in [-0.05, 0) is 32.6 Å². The molecule has 1 atom stereocenters. The first-order valence-corrected chi connectivity index (χ1v) is 6.01. The predicted molar refractivity (Wildman–Crippen MR) is 61.7 cm³/mol. The molecule has 1 saturated carbocycles. The molecule has 1 unspecified atom stereocenters. The minimum atomic E-state index is -4.80. The van der Waals surface area contributed by atoms with Gasteiger partial charge in [-0.1, -0.05) is 0 Å². The lowest BCUT2D eigenvalue weighted by Crippen LogP contribution is -2.62. The molecule has 5 nitrogen and oxygen atoms in total. The summed E-state index contributed by atoms with van der Waals surface area (Å²) in [5, 5.41) is 2.29. The molecule has 5 N–H and O–H groups in total. The maximum absolute atomic E-state index is 12.6. The SMILES string of the molecule is CC(N)(C(=O)NC1CCC(C(N)=O)CC1)C(F)(F)F. The molecule has 0 aromatic rings. The van der Waals surface area contributed by atoms with Gasteiger partial charge in [-0.3, -0.25) is 9.59 Å². The standard InChI is InChI=1S/C11H18F3N3O2/c1-10(16,11(12,13)14)9(19)17-7-4-2-6(3-5-7)8(15)18/h6-7H,2-5,16H2,1H3,(H2,15,18)(H,17,19). The van der Waals surface area contributed by atoms with Crippen molar-refractivity contribution in [3.63, 3.8) is 0 Å². The minimum absolute atomic E-state index is 0.264. The van der Waals surface area contributed by atoms with Crippen molar-refractivity contribution in [3.05, 3.63) is 0 Å². The van der Waals surface area contributed by atoms with Crippen molar-refractivity contribution < 1.29 is 22.8 Å². The van der Waals surface area contributed by atoms with Gasteiger partial charge < -0.3 is 16.8 Å². The molecule has 19 heavy (non-hydrogen) atoms. The first-order chi connectivity index (χ1) is 8.55. The van der Waals surface area contributed by atoms with E-state index in [0.717, 1.165) is 0 Å². The lowest BCUT2D eigenvalue weighted by atomic mass is 9.85. The summed E-state index contributed by atoms with van der Waals surface area (Å²) in [4.78, 5) is 22.5. The number of alkyl halides is 3. The summed E-state index contributed by atoms with van der Waals surface area (Å²) < 4.78 is 37.7. The topological polar surface area (TPSA) is 98.2 Å². The van der Waals surface area contributed by atoms with Gasteiger partial charge in [-0.25, -0.2) is 0 Å². The normalized spacial score (nSPS) is 27.4. The van der Waals surface area contributed by atoms with Crippen molar-refractivity contribution in [1.29, 1.82) is 0 Å². The number of hydrogen-bond donors (Lipinski definition) is 3. The van der Waals surface area contributed by atoms with E-state index in [4.69, 9.17) is 11.5 Å². The monoisotopic (exact) mass is 281 g/mol. The van der Waals surface area contributed by atoms with Gasteiger partial charge in [-0.15, -0.1) is 0 Å². The van der Waals surface area contributed by atoms with Gasteiger partial charge in [-0.2, -0.15) is 13.2 Å². The summed E-state index contributed by atoms with van der Waals surface area (Å²) in [5.41, 5.74) is 7.25. The van der Waals surface area contributed by atoms with Gasteiger partial charge in [0.2, 0.25) is 11.8 Å². The van der Waals surface area contributed by atoms with E-state index < -0.39 is 29.6 Å². The lowest BCUT2D eigenvalue weighted by Gasteiger charge is -2.32. The largest absolute Gasteiger partial charge is 0.415 e. The molecule has 8 heteroatoms. The second-order valence-electron chi connectivity index (χ2n) is 5.12. The number of rotatable bonds is 3. The number of carbonyl (C=O) groups is 2. The van der Waals surface area contributed by atoms with Crippen molar-refractivity contribution in [2.45, 2.75) is 50.4 Å². The van der Waals surface area contributed by atoms with Gasteiger partial charge in [0.1, 0.15) is 0 Å². The predicted octanol–water partition coefficient (Wildman–Crippen LogP) is 0.426. The van der Waals surface area contributed by atoms with E-state index in [1.54, 1.807) is 0 Å². The molecule has 0 saturated heterocycles. The van der Waals surface area contributed by atoms with Crippen LogP contribution in [0.1, 0.15) is 32.6 Å². The summed E-state index contributed by atoms with van der Waals surface area (Å²) in [7, 11) is 0. The highest BCUT2D eigenvalue weighted by Gasteiger charge is 2.54. The average Bonchev–Trinajstić information content (AvgIpc) is 2.28. The van der Waals surface area contributed by atoms with E-state index in [1.165, 1.54) is 0 Å². The van der Waals surface area contributed by atoms with Crippen molar-refractivity contribution >= 4 is 11.8 Å². The zero-order valence-corrected chi connectivity index (χ0v) is 10.6. The van der Waals surface area contributed by atoms with Crippen LogP contribution in [0, 0.1) is 5.92 Å². The van der Waals surface area contributed by atoms with Crippen molar-refractivity contribution in [1.82, 2.24) is 5.32 Å². The molecule has 2 amide bonds. The van der Waals surface area contributed by atoms with E-state index in [9.17, 15) is 22.8 Å². The van der Waals surface area contributed by atoms with E-state index >= 15 is 0 Å². The summed E-state index contributed by atoms with van der Waals surface area (Å²) in [6.07, 6.45) is -3.02. The highest BCUT2D eigenvalue weighted by atomic mass is 19.4. The maximum atomic E-state index is 12.6. The van der Waals surface area contributed by atoms with Crippen LogP contribution < -0.4 is 16.8 Å². The molecule has 0 heterocycles. The fraction of sp³-hybridized carbons (Fsp3) is 0.818. The Balaban J connectivity index is 2.54. The Morgan fingerprint density at radius 2 is 1.63 bits per heavy atom. The molecule has 0 aromatic heterocycles. The first kappa shape index (κ1) is 15.7. The van der Waals surface area contributed by atoms with Crippen LogP contribution in [-0.2, 0) is 9.59 Å². The number of primary amides is 1. The van der Waals surface area contributed by atoms with Crippen molar-refractivity contribution in [2.75, 3.05) is 0 Å². The van der Waals surface area contributed by atoms with Gasteiger partial charge in [0.15, 0.2) is 5.54 Å². The van der Waals surface area contributed by atoms with Gasteiger partial charge in [0, 0.05) is 12.0 Å². The second-order valence-corrected chi connectivity index (χ2v) is 5.12. The number of carbonyl (C=O) groups excluding carboxylic acids is 2. The third-order valence-corrected chi connectivity index (χ3v) is 3.53. The molecule has 0 radical (unpaired) electrons. The van der Waals surface area contributed by atoms with Crippen LogP contribution >= 0.6 is 0 Å². The first-order valence-electron chi connectivity index (χ1n) is 6.01. The van der Waals surface area contributed by atoms with E-state index in [-0.39, 0.29) is 5.92 Å². The van der Waals surface area contributed by atoms with E-state index in [2.05, 4.69) is 5.32 Å². The summed E-state index contributed by atoms with van der Waals surface area (Å²) >= 11 is 0. The highest BCUT2D eigenvalue weighted by molar-refractivity contribution is 5.86. The Morgan fingerprint density at radius 1 is 1.16 bits per heavy atom. The van der Waals surface area contributed by atoms with Crippen LogP contribution in [0.2, 0.25) is 0 Å². The molecular formula is C11H18F3N3O2. The molecule has 1 aliphatic carbocycles. The van der Waals surface area contributed by atoms with Crippen molar-refractivity contribution in [3.8, 4) is 0 Å². The molecule has 1 fully saturated rings. The highest BCUT2D eigenvalue weighted by Crippen LogP contribution is 2.29. The summed E-state index contributed by atoms with van der Waals surface area (Å²) in [6, 6.07) is -0.395. The molecule has 110 valence electrons. The molecule has 1 rings (SSSR count). The molecule has 0 spiro atoms. The summed E-state index contributed by atoms with van der Waals surface area (Å²) in [5.74, 6) is -1.92. The molecule has 1 aliphatic rings. The fourth-order valence-corrected chi connectivity index (χ4v) is 1.99. The number of nitrogens with two attached hydrogens (primary N) is 2. The number of nitrogens with one attached hydrogen (secondary N) is 1. The lowest BCUT2D eigenvalue weighted by molar-refractivity contribution is -0.187. The number of halogens is 3. The Labute approximate surface area is 108 Å².